The molecule has 1 radical (unpaired) electrons. The van der Waals surface area contributed by atoms with Gasteiger partial charge in [0.1, 0.15) is 5.58 Å². The Labute approximate surface area is 353 Å². The van der Waals surface area contributed by atoms with Crippen LogP contribution in [0.1, 0.15) is 45.7 Å². The number of imidazole rings is 1. The molecular formula is C51H49GeIrN3O-2. The molecule has 3 heterocycles. The molecule has 0 bridgehead atoms. The first kappa shape index (κ1) is 40.4. The minimum atomic E-state index is -1.86. The molecule has 0 spiro atoms. The molecule has 4 nitrogen and oxygen atoms in total. The van der Waals surface area contributed by atoms with Crippen molar-refractivity contribution in [2.24, 2.45) is 5.92 Å². The first-order valence-corrected chi connectivity index (χ1v) is 27.0. The molecule has 0 saturated heterocycles. The fourth-order valence-corrected chi connectivity index (χ4v) is 11.0. The van der Waals surface area contributed by atoms with E-state index in [1.165, 1.54) is 16.5 Å². The van der Waals surface area contributed by atoms with Crippen LogP contribution in [0.2, 0.25) is 17.3 Å². The van der Waals surface area contributed by atoms with E-state index in [2.05, 4.69) is 160 Å². The van der Waals surface area contributed by atoms with Crippen molar-refractivity contribution in [1.82, 2.24) is 14.5 Å². The second-order valence-corrected chi connectivity index (χ2v) is 27.9. The second-order valence-electron chi connectivity index (χ2n) is 17.3. The Morgan fingerprint density at radius 2 is 1.46 bits per heavy atom. The minimum Gasteiger partial charge on any atom is 0 e. The monoisotopic (exact) mass is 986 g/mol. The summed E-state index contributed by atoms with van der Waals surface area (Å²) in [5.74, 6) is 8.87. The van der Waals surface area contributed by atoms with Gasteiger partial charge in [-0.1, -0.05) is 86.8 Å². The standard InChI is InChI=1S/C33H25N2O.C18H24GeN.Ir/c1-33(2,3)23-14-16-24(17-15-23)35-28-18-12-21-8-4-5-9-25(21)31(28)34-32(35)22-13-19-30-27(20-22)26-10-6-7-11-29(26)36-30;1-14(2)11-16-12-18(15-9-7-6-8-10-15)20-13-17(16)19(3,4)5;/h4-12,14-20H,1-3H3;6-9,12-14H,11H2,1-5H3;/q2*-1;. The van der Waals surface area contributed by atoms with Crippen LogP contribution in [0.3, 0.4) is 0 Å². The topological polar surface area (TPSA) is 43.9 Å². The zero-order chi connectivity index (χ0) is 39.2. The Hall–Kier alpha value is -4.81. The summed E-state index contributed by atoms with van der Waals surface area (Å²) in [6.45, 7) is 11.3. The van der Waals surface area contributed by atoms with E-state index in [1.54, 1.807) is 4.40 Å². The van der Waals surface area contributed by atoms with Crippen molar-refractivity contribution in [2.45, 2.75) is 63.7 Å². The van der Waals surface area contributed by atoms with Crippen molar-refractivity contribution in [3.63, 3.8) is 0 Å². The van der Waals surface area contributed by atoms with Crippen LogP contribution in [0.25, 0.3) is 72.1 Å². The Kier molecular flexibility index (Phi) is 11.5. The van der Waals surface area contributed by atoms with Crippen LogP contribution in [-0.4, -0.2) is 27.8 Å². The third-order valence-corrected chi connectivity index (χ3v) is 14.8. The number of rotatable bonds is 6. The molecule has 0 unspecified atom stereocenters. The SMILES string of the molecule is CC(C)(C)c1ccc(-n2c(-c3[c-]cc4oc5ccccc5c4c3)nc3c4ccccc4ccc32)cc1.CC(C)Cc1cc(-c2[c-]cccc2)nc[c]1[Ge]([CH3])([CH3])[CH3].[Ir]. The van der Waals surface area contributed by atoms with Crippen molar-refractivity contribution in [1.29, 1.82) is 0 Å². The fourth-order valence-electron chi connectivity index (χ4n) is 7.64. The molecule has 9 aromatic rings. The number of nitrogens with zero attached hydrogens (tertiary/aromatic N) is 3. The fraction of sp³-hybridized carbons (Fsp3) is 0.216. The van der Waals surface area contributed by atoms with Crippen molar-refractivity contribution < 1.29 is 24.5 Å². The van der Waals surface area contributed by atoms with E-state index in [0.29, 0.717) is 5.92 Å². The van der Waals surface area contributed by atoms with E-state index in [-0.39, 0.29) is 25.5 Å². The number of hydrogen-bond donors (Lipinski definition) is 0. The summed E-state index contributed by atoms with van der Waals surface area (Å²) in [5, 5.41) is 4.51. The van der Waals surface area contributed by atoms with Crippen molar-refractivity contribution in [3.8, 4) is 28.3 Å². The summed E-state index contributed by atoms with van der Waals surface area (Å²) in [7, 11) is 0. The van der Waals surface area contributed by atoms with E-state index in [0.717, 1.165) is 73.1 Å². The molecule has 0 aliphatic rings. The molecule has 0 aliphatic carbocycles. The quantitative estimate of drug-likeness (QED) is 0.123. The number of aromatic nitrogens is 3. The van der Waals surface area contributed by atoms with Crippen molar-refractivity contribution in [3.05, 3.63) is 157 Å². The molecule has 0 fully saturated rings. The molecule has 0 N–H and O–H groups in total. The Bertz CT molecular complexity index is 2820. The van der Waals surface area contributed by atoms with E-state index >= 15 is 0 Å². The molecule has 289 valence electrons. The molecule has 0 amide bonds. The molecule has 6 heteroatoms. The van der Waals surface area contributed by atoms with Crippen LogP contribution in [0.4, 0.5) is 0 Å². The van der Waals surface area contributed by atoms with E-state index < -0.39 is 13.3 Å². The summed E-state index contributed by atoms with van der Waals surface area (Å²) in [6.07, 6.45) is 3.27. The van der Waals surface area contributed by atoms with Gasteiger partial charge in [0.25, 0.3) is 0 Å². The van der Waals surface area contributed by atoms with Gasteiger partial charge in [-0.2, -0.15) is 0 Å². The molecule has 3 aromatic heterocycles. The van der Waals surface area contributed by atoms with Crippen LogP contribution in [0.15, 0.2) is 138 Å². The first-order chi connectivity index (χ1) is 26.8. The third kappa shape index (κ3) is 8.30. The maximum Gasteiger partial charge on any atom is 0 e. The van der Waals surface area contributed by atoms with Gasteiger partial charge in [-0.25, -0.2) is 0 Å². The zero-order valence-corrected chi connectivity index (χ0v) is 38.6. The summed E-state index contributed by atoms with van der Waals surface area (Å²) in [4.78, 5) is 9.93. The summed E-state index contributed by atoms with van der Waals surface area (Å²) in [6, 6.07) is 51.0. The largest absolute Gasteiger partial charge is 0 e. The number of furan rings is 1. The number of hydrogen-bond acceptors (Lipinski definition) is 3. The molecule has 0 saturated carbocycles. The Morgan fingerprint density at radius 3 is 2.16 bits per heavy atom. The van der Waals surface area contributed by atoms with Gasteiger partial charge >= 0.3 is 126 Å². The zero-order valence-electron chi connectivity index (χ0n) is 34.1. The van der Waals surface area contributed by atoms with Gasteiger partial charge in [-0.05, 0) is 40.6 Å². The maximum absolute atomic E-state index is 6.06. The third-order valence-electron chi connectivity index (χ3n) is 10.5. The molecular weight excluding hydrogens is 935 g/mol. The van der Waals surface area contributed by atoms with Crippen LogP contribution < -0.4 is 4.40 Å². The van der Waals surface area contributed by atoms with Gasteiger partial charge < -0.3 is 8.98 Å². The average molecular weight is 985 g/mol. The predicted molar refractivity (Wildman–Crippen MR) is 239 cm³/mol. The molecule has 0 atom stereocenters. The normalized spacial score (nSPS) is 11.9. The first-order valence-electron chi connectivity index (χ1n) is 19.7. The maximum atomic E-state index is 6.06. The van der Waals surface area contributed by atoms with Crippen LogP contribution in [0.5, 0.6) is 0 Å². The van der Waals surface area contributed by atoms with Gasteiger partial charge in [-0.3, -0.25) is 4.98 Å². The summed E-state index contributed by atoms with van der Waals surface area (Å²) < 4.78 is 9.86. The van der Waals surface area contributed by atoms with Gasteiger partial charge in [0, 0.05) is 36.6 Å². The molecule has 0 aliphatic heterocycles. The molecule has 57 heavy (non-hydrogen) atoms. The molecule has 6 aromatic carbocycles. The van der Waals surface area contributed by atoms with Crippen molar-refractivity contribution in [2.75, 3.05) is 0 Å². The summed E-state index contributed by atoms with van der Waals surface area (Å²) in [5.41, 5.74) is 10.9. The minimum absolute atomic E-state index is 0. The van der Waals surface area contributed by atoms with Crippen LogP contribution >= 0.6 is 0 Å². The Morgan fingerprint density at radius 1 is 0.737 bits per heavy atom. The number of benzene rings is 6. The Balaban J connectivity index is 0.000000202. The smallest absolute Gasteiger partial charge is 0 e. The van der Waals surface area contributed by atoms with Crippen LogP contribution in [0, 0.1) is 18.1 Å². The van der Waals surface area contributed by atoms with E-state index in [9.17, 15) is 0 Å². The number of pyridine rings is 1. The van der Waals surface area contributed by atoms with Gasteiger partial charge in [0.15, 0.2) is 0 Å². The van der Waals surface area contributed by atoms with E-state index in [4.69, 9.17) is 14.4 Å². The van der Waals surface area contributed by atoms with Crippen molar-refractivity contribution >= 4 is 61.4 Å². The van der Waals surface area contributed by atoms with E-state index in [1.807, 2.05) is 42.5 Å². The van der Waals surface area contributed by atoms with Gasteiger partial charge in [0.2, 0.25) is 0 Å². The van der Waals surface area contributed by atoms with Crippen LogP contribution in [-0.2, 0) is 31.9 Å². The van der Waals surface area contributed by atoms with Gasteiger partial charge in [0.05, 0.1) is 22.4 Å². The molecule has 9 rings (SSSR count). The number of fused-ring (bicyclic) bond motifs is 6. The second kappa shape index (κ2) is 16.2. The number of para-hydroxylation sites is 1. The van der Waals surface area contributed by atoms with Gasteiger partial charge in [-0.15, -0.1) is 23.8 Å². The predicted octanol–water partition coefficient (Wildman–Crippen LogP) is 13.1. The summed E-state index contributed by atoms with van der Waals surface area (Å²) >= 11 is -1.86. The average Bonchev–Trinajstić information content (AvgIpc) is 3.76.